The van der Waals surface area contributed by atoms with Gasteiger partial charge in [0.25, 0.3) is 0 Å². The van der Waals surface area contributed by atoms with Crippen molar-refractivity contribution in [1.82, 2.24) is 10.2 Å². The van der Waals surface area contributed by atoms with Gasteiger partial charge in [-0.3, -0.25) is 5.32 Å². The molecule has 0 spiro atoms. The van der Waals surface area contributed by atoms with Crippen LogP contribution < -0.4 is 5.32 Å². The molecule has 26 heavy (non-hydrogen) atoms. The van der Waals surface area contributed by atoms with Crippen LogP contribution in [0, 0.1) is 0 Å². The maximum absolute atomic E-state index is 10.1. The van der Waals surface area contributed by atoms with Crippen LogP contribution in [0.5, 0.6) is 0 Å². The van der Waals surface area contributed by atoms with Crippen LogP contribution in [0.25, 0.3) is 0 Å². The normalized spacial score (nSPS) is 12.6. The number of unbranched alkanes of at least 4 members (excludes halogenated alkanes) is 8. The van der Waals surface area contributed by atoms with Gasteiger partial charge in [-0.2, -0.15) is 11.8 Å². The summed E-state index contributed by atoms with van der Waals surface area (Å²) in [5, 5.41) is 13.3. The first-order valence-electron chi connectivity index (χ1n) is 11.1. The Morgan fingerprint density at radius 2 is 1.62 bits per heavy atom. The van der Waals surface area contributed by atoms with Gasteiger partial charge in [-0.25, -0.2) is 0 Å². The second kappa shape index (κ2) is 21.3. The monoisotopic (exact) mass is 386 g/mol. The molecule has 0 bridgehead atoms. The van der Waals surface area contributed by atoms with Crippen LogP contribution in [0.3, 0.4) is 0 Å². The van der Waals surface area contributed by atoms with Gasteiger partial charge in [0.05, 0.1) is 0 Å². The van der Waals surface area contributed by atoms with Crippen molar-refractivity contribution in [2.24, 2.45) is 0 Å². The molecule has 156 valence electrons. The second-order valence-electron chi connectivity index (χ2n) is 7.20. The van der Waals surface area contributed by atoms with Gasteiger partial charge in [-0.15, -0.1) is 6.58 Å². The molecule has 2 N–H and O–H groups in total. The van der Waals surface area contributed by atoms with Crippen molar-refractivity contribution in [3.8, 4) is 0 Å². The topological polar surface area (TPSA) is 35.5 Å². The van der Waals surface area contributed by atoms with Crippen LogP contribution in [-0.4, -0.2) is 53.9 Å². The fourth-order valence-electron chi connectivity index (χ4n) is 3.10. The summed E-state index contributed by atoms with van der Waals surface area (Å²) in [6, 6.07) is 0. The van der Waals surface area contributed by atoms with Crippen LogP contribution in [-0.2, 0) is 0 Å². The molecular weight excluding hydrogens is 340 g/mol. The molecule has 0 aliphatic carbocycles. The molecule has 0 rings (SSSR count). The summed E-state index contributed by atoms with van der Waals surface area (Å²) >= 11 is 1.91. The van der Waals surface area contributed by atoms with E-state index in [1.807, 2.05) is 17.8 Å². The largest absolute Gasteiger partial charge is 0.379 e. The summed E-state index contributed by atoms with van der Waals surface area (Å²) in [6.07, 6.45) is 15.8. The number of nitrogens with one attached hydrogen (secondary N) is 1. The van der Waals surface area contributed by atoms with Crippen molar-refractivity contribution >= 4 is 11.8 Å². The maximum atomic E-state index is 10.1. The average Bonchev–Trinajstić information content (AvgIpc) is 2.65. The summed E-state index contributed by atoms with van der Waals surface area (Å²) < 4.78 is 0. The van der Waals surface area contributed by atoms with Crippen LogP contribution >= 0.6 is 11.8 Å². The Morgan fingerprint density at radius 1 is 0.962 bits per heavy atom. The Bertz CT molecular complexity index is 289. The van der Waals surface area contributed by atoms with Crippen LogP contribution in [0.2, 0.25) is 0 Å². The number of thioether (sulfide) groups is 1. The van der Waals surface area contributed by atoms with Gasteiger partial charge in [0.1, 0.15) is 6.23 Å². The lowest BCUT2D eigenvalue weighted by atomic mass is 10.1. The van der Waals surface area contributed by atoms with Gasteiger partial charge in [0.15, 0.2) is 0 Å². The van der Waals surface area contributed by atoms with E-state index in [9.17, 15) is 5.11 Å². The zero-order chi connectivity index (χ0) is 19.3. The molecular formula is C22H46N2OS. The SMILES string of the molecule is C=CCCN(CCCCCCCCCCC)CCC(O)NCCSCC. The molecule has 3 nitrogen and oxygen atoms in total. The van der Waals surface area contributed by atoms with Gasteiger partial charge in [-0.1, -0.05) is 71.3 Å². The minimum absolute atomic E-state index is 0.373. The quantitative estimate of drug-likeness (QED) is 0.156. The van der Waals surface area contributed by atoms with Crippen molar-refractivity contribution < 1.29 is 5.11 Å². The van der Waals surface area contributed by atoms with E-state index in [-0.39, 0.29) is 6.23 Å². The summed E-state index contributed by atoms with van der Waals surface area (Å²) in [7, 11) is 0. The van der Waals surface area contributed by atoms with Crippen molar-refractivity contribution in [3.05, 3.63) is 12.7 Å². The van der Waals surface area contributed by atoms with Gasteiger partial charge < -0.3 is 10.0 Å². The van der Waals surface area contributed by atoms with E-state index >= 15 is 0 Å². The highest BCUT2D eigenvalue weighted by Gasteiger charge is 2.08. The van der Waals surface area contributed by atoms with Crippen LogP contribution in [0.15, 0.2) is 12.7 Å². The third kappa shape index (κ3) is 18.8. The van der Waals surface area contributed by atoms with Crippen molar-refractivity contribution in [2.45, 2.75) is 90.7 Å². The Labute approximate surface area is 168 Å². The van der Waals surface area contributed by atoms with Crippen molar-refractivity contribution in [3.63, 3.8) is 0 Å². The van der Waals surface area contributed by atoms with Crippen molar-refractivity contribution in [1.29, 1.82) is 0 Å². The molecule has 0 fully saturated rings. The summed E-state index contributed by atoms with van der Waals surface area (Å²) in [5.41, 5.74) is 0. The average molecular weight is 387 g/mol. The lowest BCUT2D eigenvalue weighted by molar-refractivity contribution is 0.111. The molecule has 0 heterocycles. The van der Waals surface area contributed by atoms with E-state index in [4.69, 9.17) is 0 Å². The predicted molar refractivity (Wildman–Crippen MR) is 120 cm³/mol. The minimum Gasteiger partial charge on any atom is -0.379 e. The molecule has 4 heteroatoms. The molecule has 0 amide bonds. The molecule has 1 atom stereocenters. The fourth-order valence-corrected chi connectivity index (χ4v) is 3.66. The Hall–Kier alpha value is -0.0300. The van der Waals surface area contributed by atoms with Gasteiger partial charge in [0.2, 0.25) is 0 Å². The summed E-state index contributed by atoms with van der Waals surface area (Å²) in [4.78, 5) is 2.49. The molecule has 0 aliphatic rings. The van der Waals surface area contributed by atoms with Crippen LogP contribution in [0.1, 0.15) is 84.5 Å². The Balaban J connectivity index is 3.72. The minimum atomic E-state index is -0.373. The molecule has 0 aromatic carbocycles. The second-order valence-corrected chi connectivity index (χ2v) is 8.60. The standard InChI is InChI=1S/C22H46N2OS/c1-4-7-9-10-11-12-13-14-15-19-24(18-8-5-2)20-16-22(25)23-17-21-26-6-3/h5,22-23,25H,2,4,6-21H2,1,3H3. The molecule has 1 unspecified atom stereocenters. The van der Waals surface area contributed by atoms with E-state index in [2.05, 4.69) is 30.6 Å². The highest BCUT2D eigenvalue weighted by Crippen LogP contribution is 2.10. The Morgan fingerprint density at radius 3 is 2.23 bits per heavy atom. The molecule has 0 saturated heterocycles. The van der Waals surface area contributed by atoms with Gasteiger partial charge >= 0.3 is 0 Å². The van der Waals surface area contributed by atoms with E-state index in [0.717, 1.165) is 50.5 Å². The number of nitrogens with zero attached hydrogens (tertiary/aromatic N) is 1. The molecule has 0 radical (unpaired) electrons. The first-order valence-corrected chi connectivity index (χ1v) is 12.2. The van der Waals surface area contributed by atoms with Gasteiger partial charge in [0, 0.05) is 25.4 Å². The van der Waals surface area contributed by atoms with E-state index in [1.165, 1.54) is 57.8 Å². The third-order valence-corrected chi connectivity index (χ3v) is 5.68. The first kappa shape index (κ1) is 26.0. The van der Waals surface area contributed by atoms with Gasteiger partial charge in [-0.05, 0) is 31.6 Å². The predicted octanol–water partition coefficient (Wildman–Crippen LogP) is 5.45. The number of hydrogen-bond acceptors (Lipinski definition) is 4. The number of rotatable bonds is 21. The molecule has 0 aromatic heterocycles. The van der Waals surface area contributed by atoms with E-state index in [1.54, 1.807) is 0 Å². The Kier molecular flexibility index (Phi) is 21.2. The number of hydrogen-bond donors (Lipinski definition) is 2. The highest BCUT2D eigenvalue weighted by molar-refractivity contribution is 7.99. The lowest BCUT2D eigenvalue weighted by Crippen LogP contribution is -2.36. The molecule has 0 aliphatic heterocycles. The summed E-state index contributed by atoms with van der Waals surface area (Å²) in [6.45, 7) is 12.4. The van der Waals surface area contributed by atoms with Crippen LogP contribution in [0.4, 0.5) is 0 Å². The first-order chi connectivity index (χ1) is 12.7. The number of aliphatic hydroxyl groups is 1. The van der Waals surface area contributed by atoms with E-state index in [0.29, 0.717) is 0 Å². The lowest BCUT2D eigenvalue weighted by Gasteiger charge is -2.23. The fraction of sp³-hybridized carbons (Fsp3) is 0.909. The maximum Gasteiger partial charge on any atom is 0.106 e. The zero-order valence-electron chi connectivity index (χ0n) is 17.7. The smallest absolute Gasteiger partial charge is 0.106 e. The summed E-state index contributed by atoms with van der Waals surface area (Å²) in [5.74, 6) is 2.22. The highest BCUT2D eigenvalue weighted by atomic mass is 32.2. The van der Waals surface area contributed by atoms with E-state index < -0.39 is 0 Å². The molecule has 0 aromatic rings. The number of aliphatic hydroxyl groups excluding tert-OH is 1. The molecule has 0 saturated carbocycles. The zero-order valence-corrected chi connectivity index (χ0v) is 18.5. The third-order valence-electron chi connectivity index (χ3n) is 4.78. The van der Waals surface area contributed by atoms with Crippen molar-refractivity contribution in [2.75, 3.05) is 37.7 Å².